The minimum absolute atomic E-state index is 0.00632. The van der Waals surface area contributed by atoms with Crippen LogP contribution in [-0.2, 0) is 6.54 Å². The van der Waals surface area contributed by atoms with E-state index in [1.807, 2.05) is 51.4 Å². The predicted octanol–water partition coefficient (Wildman–Crippen LogP) is 6.45. The van der Waals surface area contributed by atoms with Gasteiger partial charge in [0.15, 0.2) is 0 Å². The number of nitrogens with one attached hydrogen (secondary N) is 2. The van der Waals surface area contributed by atoms with Crippen LogP contribution < -0.4 is 10.9 Å². The Bertz CT molecular complexity index is 1450. The molecule has 5 rings (SSSR count). The molecule has 0 radical (unpaired) electrons. The van der Waals surface area contributed by atoms with Crippen molar-refractivity contribution in [1.82, 2.24) is 19.8 Å². The number of hydrogen-bond donors (Lipinski definition) is 2. The van der Waals surface area contributed by atoms with Crippen molar-refractivity contribution in [1.29, 1.82) is 0 Å². The number of aromatic amines is 1. The van der Waals surface area contributed by atoms with Crippen LogP contribution in [0, 0.1) is 19.8 Å². The maximum Gasteiger partial charge on any atom is 0.254 e. The standard InChI is InChI=1S/C31H40F2N4O2S/c1-18-14-27(40-5)25(29(38)35-18)17-34-30(39)28-20(3)37(26-9-7-6-8-24(26)28)19(2)21-10-12-22(13-11-21)36(4)23-15-31(32,33)16-23/h6-9,14,19,21-23H,10-13,15-17H2,1-5H3,(H,34,39)(H,35,38). The lowest BCUT2D eigenvalue weighted by Crippen LogP contribution is -2.53. The lowest BCUT2D eigenvalue weighted by Gasteiger charge is -2.46. The van der Waals surface area contributed by atoms with Crippen molar-refractivity contribution in [2.75, 3.05) is 13.3 Å². The normalized spacial score (nSPS) is 21.9. The van der Waals surface area contributed by atoms with E-state index in [1.54, 1.807) is 0 Å². The number of aromatic nitrogens is 2. The van der Waals surface area contributed by atoms with Crippen molar-refractivity contribution in [3.8, 4) is 0 Å². The Morgan fingerprint density at radius 1 is 1.18 bits per heavy atom. The number of hydrogen-bond acceptors (Lipinski definition) is 4. The van der Waals surface area contributed by atoms with Gasteiger partial charge in [0, 0.05) is 70.3 Å². The van der Waals surface area contributed by atoms with Gasteiger partial charge in [-0.2, -0.15) is 0 Å². The third kappa shape index (κ3) is 5.47. The van der Waals surface area contributed by atoms with Crippen molar-refractivity contribution in [2.24, 2.45) is 5.92 Å². The number of pyridine rings is 1. The van der Waals surface area contributed by atoms with E-state index in [4.69, 9.17) is 0 Å². The van der Waals surface area contributed by atoms with E-state index >= 15 is 0 Å². The van der Waals surface area contributed by atoms with Crippen molar-refractivity contribution in [3.63, 3.8) is 0 Å². The maximum absolute atomic E-state index is 13.6. The summed E-state index contributed by atoms with van der Waals surface area (Å²) in [6.45, 7) is 6.25. The molecule has 9 heteroatoms. The van der Waals surface area contributed by atoms with Gasteiger partial charge in [-0.15, -0.1) is 11.8 Å². The van der Waals surface area contributed by atoms with Gasteiger partial charge in [-0.05, 0) is 77.8 Å². The summed E-state index contributed by atoms with van der Waals surface area (Å²) in [6, 6.07) is 10.5. The van der Waals surface area contributed by atoms with Crippen LogP contribution in [0.5, 0.6) is 0 Å². The van der Waals surface area contributed by atoms with Gasteiger partial charge in [0.1, 0.15) is 0 Å². The zero-order valence-electron chi connectivity index (χ0n) is 24.0. The summed E-state index contributed by atoms with van der Waals surface area (Å²) in [5.41, 5.74) is 3.79. The lowest BCUT2D eigenvalue weighted by atomic mass is 9.79. The minimum Gasteiger partial charge on any atom is -0.348 e. The average Bonchev–Trinajstić information content (AvgIpc) is 3.21. The summed E-state index contributed by atoms with van der Waals surface area (Å²) in [5.74, 6) is -2.24. The van der Waals surface area contributed by atoms with E-state index in [1.165, 1.54) is 11.8 Å². The number of fused-ring (bicyclic) bond motifs is 1. The molecule has 2 aliphatic carbocycles. The molecule has 2 heterocycles. The smallest absolute Gasteiger partial charge is 0.254 e. The molecule has 1 atom stereocenters. The summed E-state index contributed by atoms with van der Waals surface area (Å²) in [4.78, 5) is 32.1. The van der Waals surface area contributed by atoms with Crippen LogP contribution in [0.4, 0.5) is 8.78 Å². The van der Waals surface area contributed by atoms with E-state index in [-0.39, 0.29) is 42.9 Å². The topological polar surface area (TPSA) is 70.1 Å². The number of benzene rings is 1. The summed E-state index contributed by atoms with van der Waals surface area (Å²) >= 11 is 1.50. The van der Waals surface area contributed by atoms with Gasteiger partial charge in [0.2, 0.25) is 0 Å². The van der Waals surface area contributed by atoms with E-state index < -0.39 is 5.92 Å². The largest absolute Gasteiger partial charge is 0.348 e. The molecule has 1 aromatic carbocycles. The summed E-state index contributed by atoms with van der Waals surface area (Å²) in [7, 11) is 2.01. The first-order chi connectivity index (χ1) is 19.0. The average molecular weight is 571 g/mol. The molecule has 0 bridgehead atoms. The van der Waals surface area contributed by atoms with Gasteiger partial charge in [-0.1, -0.05) is 18.2 Å². The second-order valence-corrected chi connectivity index (χ2v) is 12.6. The van der Waals surface area contributed by atoms with Gasteiger partial charge in [0.25, 0.3) is 17.4 Å². The lowest BCUT2D eigenvalue weighted by molar-refractivity contribution is -0.129. The van der Waals surface area contributed by atoms with Gasteiger partial charge in [-0.25, -0.2) is 8.78 Å². The Kier molecular flexibility index (Phi) is 8.17. The highest BCUT2D eigenvalue weighted by atomic mass is 32.2. The first kappa shape index (κ1) is 28.9. The number of halogens is 2. The molecule has 6 nitrogen and oxygen atoms in total. The second-order valence-electron chi connectivity index (χ2n) is 11.8. The van der Waals surface area contributed by atoms with Crippen LogP contribution in [0.25, 0.3) is 10.9 Å². The molecule has 2 fully saturated rings. The number of amides is 1. The number of thioether (sulfide) groups is 1. The van der Waals surface area contributed by atoms with E-state index in [0.717, 1.165) is 52.9 Å². The second kappa shape index (κ2) is 11.3. The molecular weight excluding hydrogens is 530 g/mol. The van der Waals surface area contributed by atoms with Gasteiger partial charge < -0.3 is 19.8 Å². The van der Waals surface area contributed by atoms with Crippen LogP contribution in [0.2, 0.25) is 0 Å². The summed E-state index contributed by atoms with van der Waals surface area (Å²) in [5, 5.41) is 3.93. The minimum atomic E-state index is -2.49. The van der Waals surface area contributed by atoms with E-state index in [9.17, 15) is 18.4 Å². The van der Waals surface area contributed by atoms with E-state index in [0.29, 0.717) is 23.1 Å². The highest BCUT2D eigenvalue weighted by Gasteiger charge is 2.48. The molecule has 2 aromatic heterocycles. The molecule has 2 saturated carbocycles. The highest BCUT2D eigenvalue weighted by molar-refractivity contribution is 7.98. The molecule has 40 heavy (non-hydrogen) atoms. The van der Waals surface area contributed by atoms with Crippen LogP contribution in [0.1, 0.15) is 78.8 Å². The number of carbonyl (C=O) groups is 1. The first-order valence-electron chi connectivity index (χ1n) is 14.2. The molecule has 1 unspecified atom stereocenters. The van der Waals surface area contributed by atoms with Crippen molar-refractivity contribution < 1.29 is 13.6 Å². The van der Waals surface area contributed by atoms with E-state index in [2.05, 4.69) is 32.8 Å². The number of para-hydroxylation sites is 1. The summed E-state index contributed by atoms with van der Waals surface area (Å²) < 4.78 is 29.1. The zero-order chi connectivity index (χ0) is 28.8. The number of alkyl halides is 2. The molecule has 1 amide bonds. The van der Waals surface area contributed by atoms with Crippen LogP contribution in [0.15, 0.2) is 40.0 Å². The van der Waals surface area contributed by atoms with Gasteiger partial charge in [0.05, 0.1) is 5.56 Å². The molecular formula is C31H40F2N4O2S. The Labute approximate surface area is 238 Å². The maximum atomic E-state index is 13.6. The number of carbonyl (C=O) groups excluding carboxylic acids is 1. The molecule has 0 saturated heterocycles. The van der Waals surface area contributed by atoms with Gasteiger partial charge >= 0.3 is 0 Å². The molecule has 2 aliphatic rings. The fraction of sp³-hybridized carbons (Fsp3) is 0.548. The Morgan fingerprint density at radius 3 is 2.50 bits per heavy atom. The molecule has 3 aromatic rings. The Morgan fingerprint density at radius 2 is 1.85 bits per heavy atom. The SMILES string of the molecule is CSc1cc(C)[nH]c(=O)c1CNC(=O)c1c(C)n(C(C)C2CCC(N(C)C3CC(F)(F)C3)CC2)c2ccccc12. The van der Waals surface area contributed by atoms with Crippen LogP contribution >= 0.6 is 11.8 Å². The summed E-state index contributed by atoms with van der Waals surface area (Å²) in [6.07, 6.45) is 5.95. The predicted molar refractivity (Wildman–Crippen MR) is 158 cm³/mol. The fourth-order valence-corrected chi connectivity index (χ4v) is 7.62. The monoisotopic (exact) mass is 570 g/mol. The Hall–Kier alpha value is -2.65. The molecule has 0 spiro atoms. The number of aryl methyl sites for hydroxylation is 1. The number of H-pyrrole nitrogens is 1. The van der Waals surface area contributed by atoms with Gasteiger partial charge in [-0.3, -0.25) is 9.59 Å². The third-order valence-corrected chi connectivity index (χ3v) is 10.1. The van der Waals surface area contributed by atoms with Crippen LogP contribution in [0.3, 0.4) is 0 Å². The molecule has 216 valence electrons. The van der Waals surface area contributed by atoms with Crippen molar-refractivity contribution >= 4 is 28.6 Å². The van der Waals surface area contributed by atoms with Crippen molar-refractivity contribution in [3.05, 3.63) is 63.2 Å². The third-order valence-electron chi connectivity index (χ3n) is 9.31. The number of nitrogens with zero attached hydrogens (tertiary/aromatic N) is 2. The molecule has 2 N–H and O–H groups in total. The molecule has 0 aliphatic heterocycles. The first-order valence-corrected chi connectivity index (χ1v) is 15.5. The zero-order valence-corrected chi connectivity index (χ0v) is 24.8. The fourth-order valence-electron chi connectivity index (χ4n) is 6.91. The quantitative estimate of drug-likeness (QED) is 0.306. The Balaban J connectivity index is 1.33. The van der Waals surface area contributed by atoms with Crippen LogP contribution in [-0.4, -0.2) is 51.7 Å². The van der Waals surface area contributed by atoms with Crippen molar-refractivity contribution in [2.45, 2.75) is 94.8 Å². The number of rotatable bonds is 8. The highest BCUT2D eigenvalue weighted by Crippen LogP contribution is 2.44.